The van der Waals surface area contributed by atoms with Crippen molar-refractivity contribution in [2.24, 2.45) is 0 Å². The first-order chi connectivity index (χ1) is 18.0. The van der Waals surface area contributed by atoms with Crippen molar-refractivity contribution in [1.29, 1.82) is 0 Å². The molecule has 0 fully saturated rings. The van der Waals surface area contributed by atoms with Crippen LogP contribution in [-0.2, 0) is 4.74 Å². The number of hydrogen-bond donors (Lipinski definition) is 0. The highest BCUT2D eigenvalue weighted by atomic mass is 35.5. The van der Waals surface area contributed by atoms with Gasteiger partial charge in [-0.1, -0.05) is 59.6 Å². The topological polar surface area (TPSA) is 69.4 Å². The normalized spacial score (nSPS) is 11.2. The molecular weight excluding hydrogens is 529 g/mol. The minimum absolute atomic E-state index is 0.0926. The number of pyridine rings is 1. The number of hydrogen-bond acceptors (Lipinski definition) is 6. The van der Waals surface area contributed by atoms with Gasteiger partial charge in [-0.15, -0.1) is 11.8 Å². The first kappa shape index (κ1) is 25.3. The van der Waals surface area contributed by atoms with Gasteiger partial charge in [0.2, 0.25) is 0 Å². The summed E-state index contributed by atoms with van der Waals surface area (Å²) in [5, 5.41) is 2.86. The Morgan fingerprint density at radius 3 is 2.51 bits per heavy atom. The third kappa shape index (κ3) is 5.99. The van der Waals surface area contributed by atoms with E-state index in [2.05, 4.69) is 6.07 Å². The van der Waals surface area contributed by atoms with E-state index in [9.17, 15) is 9.59 Å². The summed E-state index contributed by atoms with van der Waals surface area (Å²) < 4.78 is 10.6. The molecule has 0 aliphatic rings. The second-order valence-corrected chi connectivity index (χ2v) is 10.4. The molecule has 0 unspecified atom stereocenters. The highest BCUT2D eigenvalue weighted by Crippen LogP contribution is 2.33. The molecule has 0 spiro atoms. The monoisotopic (exact) mass is 549 g/mol. The molecule has 2 aromatic heterocycles. The molecule has 186 valence electrons. The Balaban J connectivity index is 1.21. The number of ether oxygens (including phenoxy) is 1. The molecule has 0 saturated heterocycles. The number of nitrogens with zero attached hydrogens (tertiary/aromatic N) is 1. The van der Waals surface area contributed by atoms with Crippen LogP contribution in [0, 0.1) is 0 Å². The van der Waals surface area contributed by atoms with Crippen LogP contribution in [0.4, 0.5) is 0 Å². The second-order valence-electron chi connectivity index (χ2n) is 8.36. The van der Waals surface area contributed by atoms with Gasteiger partial charge in [-0.05, 0) is 61.1 Å². The van der Waals surface area contributed by atoms with Gasteiger partial charge in [0, 0.05) is 31.3 Å². The van der Waals surface area contributed by atoms with Crippen LogP contribution in [-0.4, -0.2) is 23.3 Å². The van der Waals surface area contributed by atoms with Crippen molar-refractivity contribution >= 4 is 62.8 Å². The smallest absolute Gasteiger partial charge is 0.351 e. The molecule has 8 heteroatoms. The fourth-order valence-electron chi connectivity index (χ4n) is 3.95. The third-order valence-electron chi connectivity index (χ3n) is 5.73. The molecule has 0 radical (unpaired) electrons. The summed E-state index contributed by atoms with van der Waals surface area (Å²) in [6.45, 7) is 0.217. The number of unbranched alkanes of at least 4 members (excludes halogenated alkanes) is 1. The van der Waals surface area contributed by atoms with E-state index in [0.717, 1.165) is 39.2 Å². The first-order valence-corrected chi connectivity index (χ1v) is 13.4. The predicted molar refractivity (Wildman–Crippen MR) is 150 cm³/mol. The number of halogens is 2. The Bertz CT molecular complexity index is 1650. The maximum atomic E-state index is 12.4. The quantitative estimate of drug-likeness (QED) is 0.0843. The maximum absolute atomic E-state index is 12.4. The van der Waals surface area contributed by atoms with Crippen LogP contribution in [0.5, 0.6) is 0 Å². The summed E-state index contributed by atoms with van der Waals surface area (Å²) in [7, 11) is 0. The van der Waals surface area contributed by atoms with Crippen molar-refractivity contribution in [2.45, 2.75) is 17.7 Å². The molecule has 0 N–H and O–H groups in total. The van der Waals surface area contributed by atoms with Gasteiger partial charge in [0.1, 0.15) is 11.1 Å². The number of carbonyl (C=O) groups excluding carboxylic acids is 1. The van der Waals surface area contributed by atoms with Crippen LogP contribution in [0.3, 0.4) is 0 Å². The zero-order valence-electron chi connectivity index (χ0n) is 19.6. The lowest BCUT2D eigenvalue weighted by atomic mass is 10.1. The molecule has 5 rings (SSSR count). The number of thioether (sulfide) groups is 1. The van der Waals surface area contributed by atoms with E-state index < -0.39 is 11.6 Å². The van der Waals surface area contributed by atoms with E-state index in [1.165, 1.54) is 6.07 Å². The molecule has 5 aromatic rings. The lowest BCUT2D eigenvalue weighted by molar-refractivity contribution is 0.0495. The molecular formula is C29H21Cl2NO4S. The third-order valence-corrected chi connectivity index (χ3v) is 7.31. The number of esters is 1. The van der Waals surface area contributed by atoms with Gasteiger partial charge >= 0.3 is 11.6 Å². The fourth-order valence-corrected chi connectivity index (χ4v) is 5.56. The number of fused-ring (bicyclic) bond motifs is 2. The van der Waals surface area contributed by atoms with E-state index in [1.807, 2.05) is 42.5 Å². The molecule has 2 heterocycles. The van der Waals surface area contributed by atoms with Gasteiger partial charge in [-0.25, -0.2) is 14.6 Å². The average molecular weight is 550 g/mol. The summed E-state index contributed by atoms with van der Waals surface area (Å²) in [5.74, 6) is 0.150. The Hall–Kier alpha value is -3.32. The van der Waals surface area contributed by atoms with Crippen molar-refractivity contribution < 1.29 is 13.9 Å². The molecule has 0 amide bonds. The van der Waals surface area contributed by atoms with Crippen LogP contribution in [0.1, 0.15) is 23.2 Å². The van der Waals surface area contributed by atoms with Gasteiger partial charge in [-0.2, -0.15) is 0 Å². The number of para-hydroxylation sites is 2. The van der Waals surface area contributed by atoms with Crippen molar-refractivity contribution in [1.82, 2.24) is 4.98 Å². The summed E-state index contributed by atoms with van der Waals surface area (Å²) in [4.78, 5) is 30.5. The van der Waals surface area contributed by atoms with Gasteiger partial charge in [0.25, 0.3) is 0 Å². The Morgan fingerprint density at radius 1 is 0.919 bits per heavy atom. The van der Waals surface area contributed by atoms with Crippen molar-refractivity contribution in [3.8, 4) is 11.3 Å². The Labute approximate surface area is 227 Å². The van der Waals surface area contributed by atoms with Crippen molar-refractivity contribution in [3.05, 3.63) is 105 Å². The summed E-state index contributed by atoms with van der Waals surface area (Å²) in [5.41, 5.74) is 2.20. The minimum Gasteiger partial charge on any atom is -0.462 e. The van der Waals surface area contributed by atoms with Crippen LogP contribution in [0.2, 0.25) is 10.0 Å². The zero-order valence-corrected chi connectivity index (χ0v) is 21.9. The van der Waals surface area contributed by atoms with Crippen LogP contribution >= 0.6 is 35.0 Å². The molecule has 3 aromatic carbocycles. The zero-order chi connectivity index (χ0) is 25.8. The Morgan fingerprint density at radius 2 is 1.68 bits per heavy atom. The predicted octanol–water partition coefficient (Wildman–Crippen LogP) is 8.04. The number of carbonyl (C=O) groups is 1. The molecule has 37 heavy (non-hydrogen) atoms. The van der Waals surface area contributed by atoms with Crippen LogP contribution in [0.25, 0.3) is 33.1 Å². The van der Waals surface area contributed by atoms with E-state index >= 15 is 0 Å². The maximum Gasteiger partial charge on any atom is 0.351 e. The van der Waals surface area contributed by atoms with Crippen LogP contribution in [0.15, 0.2) is 93.0 Å². The lowest BCUT2D eigenvalue weighted by Crippen LogP contribution is -2.17. The highest BCUT2D eigenvalue weighted by molar-refractivity contribution is 7.99. The number of benzene rings is 3. The van der Waals surface area contributed by atoms with Crippen molar-refractivity contribution in [3.63, 3.8) is 0 Å². The first-order valence-electron chi connectivity index (χ1n) is 11.7. The summed E-state index contributed by atoms with van der Waals surface area (Å²) >= 11 is 14.1. The van der Waals surface area contributed by atoms with Gasteiger partial charge in [0.15, 0.2) is 0 Å². The molecule has 0 aliphatic carbocycles. The van der Waals surface area contributed by atoms with Crippen molar-refractivity contribution in [2.75, 3.05) is 12.4 Å². The van der Waals surface area contributed by atoms with E-state index in [0.29, 0.717) is 27.4 Å². The van der Waals surface area contributed by atoms with E-state index in [1.54, 1.807) is 36.0 Å². The molecule has 5 nitrogen and oxygen atoms in total. The van der Waals surface area contributed by atoms with Crippen LogP contribution < -0.4 is 5.63 Å². The largest absolute Gasteiger partial charge is 0.462 e. The molecule has 0 atom stereocenters. The number of aromatic nitrogens is 1. The second kappa shape index (κ2) is 11.4. The SMILES string of the molecule is O=C(OCCCCSc1cc(-c2cc(Cl)cc(Cl)c2)nc2ccccc12)c1cc2ccccc2oc1=O. The Kier molecular flexibility index (Phi) is 7.79. The average Bonchev–Trinajstić information content (AvgIpc) is 2.89. The summed E-state index contributed by atoms with van der Waals surface area (Å²) in [6, 6.07) is 24.0. The minimum atomic E-state index is -0.694. The van der Waals surface area contributed by atoms with E-state index in [-0.39, 0.29) is 12.2 Å². The van der Waals surface area contributed by atoms with Gasteiger partial charge < -0.3 is 9.15 Å². The van der Waals surface area contributed by atoms with Gasteiger partial charge in [0.05, 0.1) is 17.8 Å². The van der Waals surface area contributed by atoms with E-state index in [4.69, 9.17) is 37.3 Å². The molecule has 0 bridgehead atoms. The summed E-state index contributed by atoms with van der Waals surface area (Å²) in [6.07, 6.45) is 1.48. The van der Waals surface area contributed by atoms with Gasteiger partial charge in [-0.3, -0.25) is 0 Å². The number of rotatable bonds is 8. The molecule has 0 saturated carbocycles. The standard InChI is InChI=1S/C29H21Cl2NO4S/c30-20-13-19(14-21(31)16-20)25-17-27(22-8-2-3-9-24(22)32-25)37-12-6-5-11-35-28(33)23-15-18-7-1-4-10-26(18)36-29(23)34/h1-4,7-10,13-17H,5-6,11-12H2. The highest BCUT2D eigenvalue weighted by Gasteiger charge is 2.15. The lowest BCUT2D eigenvalue weighted by Gasteiger charge is -2.10. The molecule has 0 aliphatic heterocycles. The fraction of sp³-hybridized carbons (Fsp3) is 0.138.